The van der Waals surface area contributed by atoms with Crippen molar-refractivity contribution in [3.8, 4) is 0 Å². The van der Waals surface area contributed by atoms with Crippen LogP contribution in [0.4, 0.5) is 13.2 Å². The summed E-state index contributed by atoms with van der Waals surface area (Å²) in [6.45, 7) is 0. The van der Waals surface area contributed by atoms with Gasteiger partial charge in [-0.2, -0.15) is 8.78 Å². The molecule has 0 radical (unpaired) electrons. The summed E-state index contributed by atoms with van der Waals surface area (Å²) in [5.74, 6) is -0.654. The first kappa shape index (κ1) is 12.8. The van der Waals surface area contributed by atoms with Crippen molar-refractivity contribution < 1.29 is 18.3 Å². The maximum absolute atomic E-state index is 13.1. The first-order valence-corrected chi connectivity index (χ1v) is 5.16. The van der Waals surface area contributed by atoms with E-state index in [0.717, 1.165) is 6.07 Å². The van der Waals surface area contributed by atoms with Crippen LogP contribution in [0.1, 0.15) is 5.56 Å². The summed E-state index contributed by atoms with van der Waals surface area (Å²) in [5, 5.41) is 5.24. The molecule has 0 aliphatic carbocycles. The molecule has 0 amide bonds. The molecule has 0 aliphatic heterocycles. The van der Waals surface area contributed by atoms with Crippen LogP contribution in [0, 0.1) is 5.82 Å². The second-order valence-corrected chi connectivity index (χ2v) is 4.42. The van der Waals surface area contributed by atoms with E-state index in [0.29, 0.717) is 4.47 Å². The minimum atomic E-state index is -3.76. The highest BCUT2D eigenvalue weighted by molar-refractivity contribution is 9.10. The Balaban J connectivity index is 2.85. The second kappa shape index (κ2) is 4.72. The van der Waals surface area contributed by atoms with Gasteiger partial charge in [0, 0.05) is 10.9 Å². The van der Waals surface area contributed by atoms with Crippen LogP contribution in [0.2, 0.25) is 0 Å². The minimum absolute atomic E-state index is 0.0165. The van der Waals surface area contributed by atoms with E-state index < -0.39 is 23.7 Å². The third-order valence-electron chi connectivity index (χ3n) is 1.80. The lowest BCUT2D eigenvalue weighted by molar-refractivity contribution is -0.0400. The molecule has 1 aromatic rings. The van der Waals surface area contributed by atoms with E-state index in [1.54, 1.807) is 0 Å². The SMILES string of the molecule is OC(Cc1cc(Br)ccc1F)C(F)(F)Cl. The third-order valence-corrected chi connectivity index (χ3v) is 2.54. The lowest BCUT2D eigenvalue weighted by Crippen LogP contribution is -2.29. The Kier molecular flexibility index (Phi) is 4.03. The zero-order chi connectivity index (χ0) is 11.6. The molecule has 0 aromatic heterocycles. The highest BCUT2D eigenvalue weighted by Crippen LogP contribution is 2.27. The molecule has 6 heteroatoms. The summed E-state index contributed by atoms with van der Waals surface area (Å²) in [5.41, 5.74) is -0.0165. The molecule has 0 aliphatic rings. The largest absolute Gasteiger partial charge is 0.385 e. The summed E-state index contributed by atoms with van der Waals surface area (Å²) in [6, 6.07) is 3.88. The smallest absolute Gasteiger partial charge is 0.347 e. The number of hydrogen-bond acceptors (Lipinski definition) is 1. The van der Waals surface area contributed by atoms with Crippen molar-refractivity contribution in [2.24, 2.45) is 0 Å². The molecule has 15 heavy (non-hydrogen) atoms. The number of aliphatic hydroxyl groups is 1. The van der Waals surface area contributed by atoms with Crippen molar-refractivity contribution in [1.82, 2.24) is 0 Å². The molecule has 0 bridgehead atoms. The molecule has 0 saturated carbocycles. The molecule has 0 saturated heterocycles. The Morgan fingerprint density at radius 2 is 2.07 bits per heavy atom. The molecule has 0 heterocycles. The first-order valence-electron chi connectivity index (χ1n) is 3.99. The van der Waals surface area contributed by atoms with Gasteiger partial charge in [-0.05, 0) is 35.4 Å². The van der Waals surface area contributed by atoms with Crippen LogP contribution in [-0.4, -0.2) is 16.6 Å². The van der Waals surface area contributed by atoms with Crippen LogP contribution in [0.25, 0.3) is 0 Å². The van der Waals surface area contributed by atoms with Gasteiger partial charge in [-0.1, -0.05) is 15.9 Å². The van der Waals surface area contributed by atoms with Gasteiger partial charge in [-0.15, -0.1) is 0 Å². The monoisotopic (exact) mass is 302 g/mol. The summed E-state index contributed by atoms with van der Waals surface area (Å²) in [6.07, 6.45) is -2.65. The predicted octanol–water partition coefficient (Wildman–Crippen LogP) is 3.32. The Bertz CT molecular complexity index is 354. The normalized spacial score (nSPS) is 14.0. The fraction of sp³-hybridized carbons (Fsp3) is 0.333. The standard InChI is InChI=1S/C9H7BrClF3O/c10-6-1-2-7(12)5(3-6)4-8(15)9(11,13)14/h1-3,8,15H,4H2. The number of aliphatic hydroxyl groups excluding tert-OH is 1. The quantitative estimate of drug-likeness (QED) is 0.849. The van der Waals surface area contributed by atoms with Gasteiger partial charge in [-0.3, -0.25) is 0 Å². The Labute approximate surface area is 98.0 Å². The van der Waals surface area contributed by atoms with Gasteiger partial charge < -0.3 is 5.11 Å². The highest BCUT2D eigenvalue weighted by atomic mass is 79.9. The van der Waals surface area contributed by atoms with Crippen LogP contribution in [0.5, 0.6) is 0 Å². The first-order chi connectivity index (χ1) is 6.80. The summed E-state index contributed by atoms with van der Waals surface area (Å²) in [4.78, 5) is 0. The van der Waals surface area contributed by atoms with E-state index in [2.05, 4.69) is 27.5 Å². The van der Waals surface area contributed by atoms with Crippen LogP contribution < -0.4 is 0 Å². The number of alkyl halides is 3. The van der Waals surface area contributed by atoms with Gasteiger partial charge in [0.05, 0.1) is 0 Å². The summed E-state index contributed by atoms with van der Waals surface area (Å²) in [7, 11) is 0. The molecule has 0 fully saturated rings. The molecular weight excluding hydrogens is 296 g/mol. The fourth-order valence-corrected chi connectivity index (χ4v) is 1.51. The molecule has 0 spiro atoms. The van der Waals surface area contributed by atoms with Crippen LogP contribution in [0.15, 0.2) is 22.7 Å². The molecule has 1 N–H and O–H groups in total. The molecule has 84 valence electrons. The summed E-state index contributed by atoms with van der Waals surface area (Å²) >= 11 is 7.68. The molecule has 1 aromatic carbocycles. The second-order valence-electron chi connectivity index (χ2n) is 3.00. The zero-order valence-electron chi connectivity index (χ0n) is 7.35. The van der Waals surface area contributed by atoms with E-state index in [-0.39, 0.29) is 5.56 Å². The van der Waals surface area contributed by atoms with E-state index in [9.17, 15) is 13.2 Å². The van der Waals surface area contributed by atoms with E-state index in [1.807, 2.05) is 0 Å². The van der Waals surface area contributed by atoms with Crippen molar-refractivity contribution in [3.63, 3.8) is 0 Å². The van der Waals surface area contributed by atoms with Gasteiger partial charge in [0.25, 0.3) is 0 Å². The topological polar surface area (TPSA) is 20.2 Å². The van der Waals surface area contributed by atoms with Crippen LogP contribution >= 0.6 is 27.5 Å². The van der Waals surface area contributed by atoms with Crippen molar-refractivity contribution in [2.45, 2.75) is 17.9 Å². The average molecular weight is 304 g/mol. The lowest BCUT2D eigenvalue weighted by atomic mass is 10.1. The van der Waals surface area contributed by atoms with E-state index >= 15 is 0 Å². The maximum atomic E-state index is 13.1. The van der Waals surface area contributed by atoms with E-state index in [4.69, 9.17) is 5.11 Å². The third kappa shape index (κ3) is 3.66. The Morgan fingerprint density at radius 1 is 1.47 bits per heavy atom. The summed E-state index contributed by atoms with van der Waals surface area (Å²) < 4.78 is 38.5. The highest BCUT2D eigenvalue weighted by Gasteiger charge is 2.35. The lowest BCUT2D eigenvalue weighted by Gasteiger charge is -2.16. The van der Waals surface area contributed by atoms with Gasteiger partial charge in [0.1, 0.15) is 11.9 Å². The Hall–Kier alpha value is -0.260. The molecule has 1 atom stereocenters. The van der Waals surface area contributed by atoms with Crippen molar-refractivity contribution in [1.29, 1.82) is 0 Å². The number of hydrogen-bond donors (Lipinski definition) is 1. The minimum Gasteiger partial charge on any atom is -0.385 e. The maximum Gasteiger partial charge on any atom is 0.347 e. The average Bonchev–Trinajstić information content (AvgIpc) is 2.09. The van der Waals surface area contributed by atoms with Crippen molar-refractivity contribution in [3.05, 3.63) is 34.1 Å². The molecule has 1 rings (SSSR count). The van der Waals surface area contributed by atoms with Crippen molar-refractivity contribution in [2.75, 3.05) is 0 Å². The number of benzene rings is 1. The van der Waals surface area contributed by atoms with Crippen LogP contribution in [-0.2, 0) is 6.42 Å². The number of rotatable bonds is 3. The number of halogens is 5. The van der Waals surface area contributed by atoms with Gasteiger partial charge in [0.15, 0.2) is 0 Å². The molecule has 1 unspecified atom stereocenters. The predicted molar refractivity (Wildman–Crippen MR) is 54.6 cm³/mol. The van der Waals surface area contributed by atoms with Gasteiger partial charge in [-0.25, -0.2) is 4.39 Å². The Morgan fingerprint density at radius 3 is 2.60 bits per heavy atom. The van der Waals surface area contributed by atoms with E-state index in [1.165, 1.54) is 12.1 Å². The molecular formula is C9H7BrClF3O. The molecule has 1 nitrogen and oxygen atoms in total. The fourth-order valence-electron chi connectivity index (χ4n) is 1.02. The zero-order valence-corrected chi connectivity index (χ0v) is 9.70. The van der Waals surface area contributed by atoms with Gasteiger partial charge in [0.2, 0.25) is 0 Å². The van der Waals surface area contributed by atoms with Crippen LogP contribution in [0.3, 0.4) is 0 Å². The van der Waals surface area contributed by atoms with Crippen molar-refractivity contribution >= 4 is 27.5 Å². The van der Waals surface area contributed by atoms with Gasteiger partial charge >= 0.3 is 5.38 Å².